The van der Waals surface area contributed by atoms with Gasteiger partial charge in [-0.1, -0.05) is 29.8 Å². The van der Waals surface area contributed by atoms with Crippen molar-refractivity contribution in [1.82, 2.24) is 9.97 Å². The smallest absolute Gasteiger partial charge is 0.174 e. The zero-order valence-electron chi connectivity index (χ0n) is 13.3. The lowest BCUT2D eigenvalue weighted by atomic mass is 10.1. The molecule has 4 aromatic rings. The molecule has 0 spiro atoms. The molecule has 0 amide bonds. The molecular formula is C19H13ClFN3S. The highest BCUT2D eigenvalue weighted by Crippen LogP contribution is 2.37. The SMILES string of the molecule is Cc1cc(Nc2c(F)c(-c3ccc(Cl)s3)nc3ccccc23)ccn1. The molecule has 0 fully saturated rings. The van der Waals surface area contributed by atoms with Crippen LogP contribution in [-0.4, -0.2) is 9.97 Å². The summed E-state index contributed by atoms with van der Waals surface area (Å²) in [4.78, 5) is 9.37. The van der Waals surface area contributed by atoms with Crippen LogP contribution in [-0.2, 0) is 0 Å². The van der Waals surface area contributed by atoms with Crippen LogP contribution in [0.2, 0.25) is 4.34 Å². The molecule has 0 saturated carbocycles. The van der Waals surface area contributed by atoms with Crippen LogP contribution in [0, 0.1) is 12.7 Å². The first kappa shape index (κ1) is 16.0. The molecule has 0 radical (unpaired) electrons. The largest absolute Gasteiger partial charge is 0.352 e. The lowest BCUT2D eigenvalue weighted by molar-refractivity contribution is 0.632. The molecule has 0 bridgehead atoms. The lowest BCUT2D eigenvalue weighted by Gasteiger charge is -2.13. The number of hydrogen-bond acceptors (Lipinski definition) is 4. The Morgan fingerprint density at radius 1 is 1.12 bits per heavy atom. The number of nitrogens with one attached hydrogen (secondary N) is 1. The Bertz CT molecular complexity index is 1080. The molecule has 4 rings (SSSR count). The van der Waals surface area contributed by atoms with Gasteiger partial charge in [0.15, 0.2) is 5.82 Å². The number of pyridine rings is 2. The summed E-state index contributed by atoms with van der Waals surface area (Å²) >= 11 is 7.32. The van der Waals surface area contributed by atoms with Crippen molar-refractivity contribution in [3.63, 3.8) is 0 Å². The highest BCUT2D eigenvalue weighted by Gasteiger charge is 2.18. The second-order valence-electron chi connectivity index (χ2n) is 5.58. The summed E-state index contributed by atoms with van der Waals surface area (Å²) in [5, 5.41) is 3.91. The van der Waals surface area contributed by atoms with Crippen molar-refractivity contribution in [2.45, 2.75) is 6.92 Å². The second-order valence-corrected chi connectivity index (χ2v) is 7.30. The topological polar surface area (TPSA) is 37.8 Å². The zero-order chi connectivity index (χ0) is 17.4. The number of halogens is 2. The van der Waals surface area contributed by atoms with Gasteiger partial charge in [0.05, 0.1) is 20.4 Å². The van der Waals surface area contributed by atoms with E-state index in [1.165, 1.54) is 11.3 Å². The first-order valence-electron chi connectivity index (χ1n) is 7.65. The standard InChI is InChI=1S/C19H13ClFN3S/c1-11-10-12(8-9-22-11)23-18-13-4-2-3-5-14(13)24-19(17(18)21)15-6-7-16(20)25-15/h2-10H,1H3,(H,22,23,24). The van der Waals surface area contributed by atoms with E-state index in [4.69, 9.17) is 11.6 Å². The van der Waals surface area contributed by atoms with Gasteiger partial charge in [0, 0.05) is 23.0 Å². The average Bonchev–Trinajstić information content (AvgIpc) is 3.03. The Labute approximate surface area is 153 Å². The minimum absolute atomic E-state index is 0.295. The summed E-state index contributed by atoms with van der Waals surface area (Å²) in [6.07, 6.45) is 1.69. The fraction of sp³-hybridized carbons (Fsp3) is 0.0526. The van der Waals surface area contributed by atoms with Gasteiger partial charge in [0.1, 0.15) is 5.69 Å². The molecule has 0 saturated heterocycles. The van der Waals surface area contributed by atoms with E-state index in [2.05, 4.69) is 15.3 Å². The van der Waals surface area contributed by atoms with E-state index >= 15 is 4.39 Å². The second kappa shape index (κ2) is 6.43. The van der Waals surface area contributed by atoms with Crippen molar-refractivity contribution < 1.29 is 4.39 Å². The van der Waals surface area contributed by atoms with Crippen LogP contribution in [0.5, 0.6) is 0 Å². The predicted octanol–water partition coefficient (Wildman–Crippen LogP) is 6.20. The van der Waals surface area contributed by atoms with Gasteiger partial charge >= 0.3 is 0 Å². The summed E-state index contributed by atoms with van der Waals surface area (Å²) in [7, 11) is 0. The minimum atomic E-state index is -0.397. The van der Waals surface area contributed by atoms with E-state index in [-0.39, 0.29) is 0 Å². The van der Waals surface area contributed by atoms with E-state index in [0.29, 0.717) is 20.6 Å². The minimum Gasteiger partial charge on any atom is -0.352 e. The number of rotatable bonds is 3. The Kier molecular flexibility index (Phi) is 4.11. The Morgan fingerprint density at radius 3 is 2.72 bits per heavy atom. The summed E-state index contributed by atoms with van der Waals surface area (Å²) in [6, 6.07) is 14.7. The van der Waals surface area contributed by atoms with E-state index in [1.807, 2.05) is 43.3 Å². The molecule has 0 atom stereocenters. The lowest BCUT2D eigenvalue weighted by Crippen LogP contribution is -2.00. The number of anilines is 2. The van der Waals surface area contributed by atoms with E-state index in [9.17, 15) is 0 Å². The number of fused-ring (bicyclic) bond motifs is 1. The van der Waals surface area contributed by atoms with Crippen molar-refractivity contribution in [3.8, 4) is 10.6 Å². The van der Waals surface area contributed by atoms with Gasteiger partial charge in [-0.3, -0.25) is 4.98 Å². The molecule has 1 N–H and O–H groups in total. The van der Waals surface area contributed by atoms with Gasteiger partial charge in [-0.15, -0.1) is 11.3 Å². The first-order valence-corrected chi connectivity index (χ1v) is 8.85. The molecule has 6 heteroatoms. The van der Waals surface area contributed by atoms with Crippen LogP contribution in [0.4, 0.5) is 15.8 Å². The molecule has 0 unspecified atom stereocenters. The number of aromatic nitrogens is 2. The number of para-hydroxylation sites is 1. The fourth-order valence-corrected chi connectivity index (χ4v) is 3.71. The van der Waals surface area contributed by atoms with Gasteiger partial charge < -0.3 is 5.32 Å². The molecule has 3 aromatic heterocycles. The number of nitrogens with zero attached hydrogens (tertiary/aromatic N) is 2. The molecule has 25 heavy (non-hydrogen) atoms. The van der Waals surface area contributed by atoms with Crippen molar-refractivity contribution in [2.75, 3.05) is 5.32 Å². The normalized spacial score (nSPS) is 11.0. The number of aryl methyl sites for hydroxylation is 1. The molecular weight excluding hydrogens is 357 g/mol. The zero-order valence-corrected chi connectivity index (χ0v) is 14.8. The third kappa shape index (κ3) is 3.08. The monoisotopic (exact) mass is 369 g/mol. The van der Waals surface area contributed by atoms with Crippen molar-refractivity contribution in [2.24, 2.45) is 0 Å². The maximum absolute atomic E-state index is 15.3. The first-order chi connectivity index (χ1) is 12.1. The van der Waals surface area contributed by atoms with E-state index < -0.39 is 5.82 Å². The Morgan fingerprint density at radius 2 is 1.96 bits per heavy atom. The maximum atomic E-state index is 15.3. The predicted molar refractivity (Wildman–Crippen MR) is 102 cm³/mol. The summed E-state index contributed by atoms with van der Waals surface area (Å²) in [5.74, 6) is -0.397. The molecule has 0 aliphatic rings. The maximum Gasteiger partial charge on any atom is 0.174 e. The summed E-state index contributed by atoms with van der Waals surface area (Å²) in [6.45, 7) is 1.89. The molecule has 0 aliphatic carbocycles. The van der Waals surface area contributed by atoms with Crippen LogP contribution in [0.1, 0.15) is 5.69 Å². The van der Waals surface area contributed by atoms with Gasteiger partial charge in [-0.2, -0.15) is 0 Å². The molecule has 1 aromatic carbocycles. The molecule has 3 nitrogen and oxygen atoms in total. The van der Waals surface area contributed by atoms with Crippen molar-refractivity contribution >= 4 is 45.2 Å². The summed E-state index contributed by atoms with van der Waals surface area (Å²) < 4.78 is 15.9. The number of benzene rings is 1. The van der Waals surface area contributed by atoms with Gasteiger partial charge in [0.25, 0.3) is 0 Å². The highest BCUT2D eigenvalue weighted by molar-refractivity contribution is 7.19. The van der Waals surface area contributed by atoms with Crippen LogP contribution in [0.3, 0.4) is 0 Å². The Balaban J connectivity index is 1.93. The van der Waals surface area contributed by atoms with E-state index in [1.54, 1.807) is 18.3 Å². The quantitative estimate of drug-likeness (QED) is 0.467. The van der Waals surface area contributed by atoms with Crippen LogP contribution < -0.4 is 5.32 Å². The molecule has 0 aliphatic heterocycles. The van der Waals surface area contributed by atoms with Gasteiger partial charge in [-0.05, 0) is 37.3 Å². The molecule has 124 valence electrons. The van der Waals surface area contributed by atoms with Gasteiger partial charge in [0.2, 0.25) is 0 Å². The third-order valence-electron chi connectivity index (χ3n) is 3.81. The third-order valence-corrected chi connectivity index (χ3v) is 5.04. The number of hydrogen-bond donors (Lipinski definition) is 1. The van der Waals surface area contributed by atoms with Crippen molar-refractivity contribution in [1.29, 1.82) is 0 Å². The fourth-order valence-electron chi connectivity index (χ4n) is 2.68. The van der Waals surface area contributed by atoms with Crippen LogP contribution in [0.15, 0.2) is 54.7 Å². The van der Waals surface area contributed by atoms with Gasteiger partial charge in [-0.25, -0.2) is 9.37 Å². The Hall–Kier alpha value is -2.50. The van der Waals surface area contributed by atoms with Crippen LogP contribution >= 0.6 is 22.9 Å². The van der Waals surface area contributed by atoms with E-state index in [0.717, 1.165) is 22.3 Å². The highest BCUT2D eigenvalue weighted by atomic mass is 35.5. The number of thiophene rings is 1. The van der Waals surface area contributed by atoms with Crippen LogP contribution in [0.25, 0.3) is 21.5 Å². The van der Waals surface area contributed by atoms with Crippen molar-refractivity contribution in [3.05, 3.63) is 70.6 Å². The molecule has 3 heterocycles. The average molecular weight is 370 g/mol. The summed E-state index contributed by atoms with van der Waals surface area (Å²) in [5.41, 5.74) is 3.04.